The Kier molecular flexibility index (Phi) is 5.74. The molecule has 0 aliphatic heterocycles. The summed E-state index contributed by atoms with van der Waals surface area (Å²) in [6, 6.07) is 12.9. The van der Waals surface area contributed by atoms with Gasteiger partial charge < -0.3 is 20.6 Å². The highest BCUT2D eigenvalue weighted by Gasteiger charge is 2.06. The molecule has 0 saturated heterocycles. The molecule has 6 nitrogen and oxygen atoms in total. The van der Waals surface area contributed by atoms with E-state index in [-0.39, 0.29) is 5.82 Å². The van der Waals surface area contributed by atoms with E-state index in [4.69, 9.17) is 0 Å². The van der Waals surface area contributed by atoms with Crippen LogP contribution in [-0.4, -0.2) is 41.0 Å². The predicted molar refractivity (Wildman–Crippen MR) is 116 cm³/mol. The summed E-state index contributed by atoms with van der Waals surface area (Å²) in [7, 11) is 1.76. The van der Waals surface area contributed by atoms with Crippen molar-refractivity contribution in [2.45, 2.75) is 19.3 Å². The number of hydrogen-bond donors (Lipinski definition) is 4. The lowest BCUT2D eigenvalue weighted by molar-refractivity contribution is 0.629. The first-order chi connectivity index (χ1) is 14.2. The van der Waals surface area contributed by atoms with Crippen LogP contribution in [0.5, 0.6) is 0 Å². The van der Waals surface area contributed by atoms with Crippen LogP contribution in [0.15, 0.2) is 53.7 Å². The summed E-state index contributed by atoms with van der Waals surface area (Å²) in [5, 5.41) is 7.58. The largest absolute Gasteiger partial charge is 0.361 e. The van der Waals surface area contributed by atoms with Gasteiger partial charge in [0, 0.05) is 43.7 Å². The molecule has 0 aliphatic carbocycles. The summed E-state index contributed by atoms with van der Waals surface area (Å²) >= 11 is 0. The van der Waals surface area contributed by atoms with Gasteiger partial charge in [-0.3, -0.25) is 4.99 Å². The van der Waals surface area contributed by atoms with Gasteiger partial charge in [0.2, 0.25) is 0 Å². The molecule has 150 valence electrons. The Labute approximate surface area is 168 Å². The zero-order valence-corrected chi connectivity index (χ0v) is 16.4. The van der Waals surface area contributed by atoms with Gasteiger partial charge in [-0.1, -0.05) is 12.1 Å². The number of para-hydroxylation sites is 2. The van der Waals surface area contributed by atoms with Crippen molar-refractivity contribution in [3.8, 4) is 0 Å². The number of imidazole rings is 1. The minimum atomic E-state index is -0.215. The number of nitrogens with one attached hydrogen (secondary N) is 4. The fourth-order valence-corrected chi connectivity index (χ4v) is 3.48. The van der Waals surface area contributed by atoms with Crippen LogP contribution in [0.25, 0.3) is 21.9 Å². The average Bonchev–Trinajstić information content (AvgIpc) is 3.33. The van der Waals surface area contributed by atoms with Gasteiger partial charge in [0.1, 0.15) is 11.6 Å². The Balaban J connectivity index is 1.21. The standard InChI is InChI=1S/C22H25FN6/c1-24-22(25-11-4-7-21-28-19-5-2-3-6-20(19)29-21)26-12-10-15-14-27-18-9-8-16(23)13-17(15)18/h2-3,5-6,8-9,13-14,27H,4,7,10-12H2,1H3,(H,28,29)(H2,24,25,26). The van der Waals surface area contributed by atoms with E-state index >= 15 is 0 Å². The molecule has 0 atom stereocenters. The van der Waals surface area contributed by atoms with Crippen LogP contribution in [0.4, 0.5) is 4.39 Å². The normalized spacial score (nSPS) is 12.0. The number of halogens is 1. The maximum Gasteiger partial charge on any atom is 0.190 e. The molecule has 0 amide bonds. The van der Waals surface area contributed by atoms with Crippen LogP contribution in [0.1, 0.15) is 17.8 Å². The van der Waals surface area contributed by atoms with E-state index in [1.807, 2.05) is 30.5 Å². The average molecular weight is 392 g/mol. The van der Waals surface area contributed by atoms with Crippen molar-refractivity contribution in [1.29, 1.82) is 0 Å². The van der Waals surface area contributed by atoms with Crippen molar-refractivity contribution < 1.29 is 4.39 Å². The summed E-state index contributed by atoms with van der Waals surface area (Å²) in [5.41, 5.74) is 4.12. The van der Waals surface area contributed by atoms with Crippen LogP contribution < -0.4 is 10.6 Å². The number of guanidine groups is 1. The third-order valence-corrected chi connectivity index (χ3v) is 4.96. The van der Waals surface area contributed by atoms with Crippen molar-refractivity contribution in [3.63, 3.8) is 0 Å². The lowest BCUT2D eigenvalue weighted by Crippen LogP contribution is -2.38. The summed E-state index contributed by atoms with van der Waals surface area (Å²) in [4.78, 5) is 15.4. The maximum absolute atomic E-state index is 13.5. The minimum absolute atomic E-state index is 0.215. The summed E-state index contributed by atoms with van der Waals surface area (Å²) < 4.78 is 13.5. The fourth-order valence-electron chi connectivity index (χ4n) is 3.48. The Hall–Kier alpha value is -3.35. The fraction of sp³-hybridized carbons (Fsp3) is 0.273. The number of nitrogens with zero attached hydrogens (tertiary/aromatic N) is 2. The number of fused-ring (bicyclic) bond motifs is 2. The lowest BCUT2D eigenvalue weighted by atomic mass is 10.1. The quantitative estimate of drug-likeness (QED) is 0.221. The van der Waals surface area contributed by atoms with Crippen molar-refractivity contribution in [3.05, 3.63) is 65.9 Å². The SMILES string of the molecule is CN=C(NCCCc1nc2ccccc2[nH]1)NCCc1c[nH]c2ccc(F)cc12. The first-order valence-corrected chi connectivity index (χ1v) is 9.86. The molecule has 4 aromatic rings. The van der Waals surface area contributed by atoms with Gasteiger partial charge in [0.25, 0.3) is 0 Å². The summed E-state index contributed by atoms with van der Waals surface area (Å²) in [6.07, 6.45) is 4.54. The molecule has 4 N–H and O–H groups in total. The van der Waals surface area contributed by atoms with E-state index in [2.05, 4.69) is 30.6 Å². The molecule has 2 aromatic carbocycles. The highest BCUT2D eigenvalue weighted by Crippen LogP contribution is 2.19. The van der Waals surface area contributed by atoms with Crippen LogP contribution in [0, 0.1) is 5.82 Å². The monoisotopic (exact) mass is 392 g/mol. The molecule has 0 spiro atoms. The highest BCUT2D eigenvalue weighted by molar-refractivity contribution is 5.83. The number of benzene rings is 2. The van der Waals surface area contributed by atoms with E-state index in [1.54, 1.807) is 19.2 Å². The number of aromatic amines is 2. The van der Waals surface area contributed by atoms with Crippen LogP contribution in [0.2, 0.25) is 0 Å². The summed E-state index contributed by atoms with van der Waals surface area (Å²) in [6.45, 7) is 1.52. The number of hydrogen-bond acceptors (Lipinski definition) is 2. The van der Waals surface area contributed by atoms with Gasteiger partial charge in [0.05, 0.1) is 11.0 Å². The van der Waals surface area contributed by atoms with Gasteiger partial charge in [-0.05, 0) is 48.7 Å². The van der Waals surface area contributed by atoms with Gasteiger partial charge in [-0.25, -0.2) is 9.37 Å². The molecule has 0 radical (unpaired) electrons. The Morgan fingerprint density at radius 1 is 1.07 bits per heavy atom. The molecule has 0 saturated carbocycles. The molecule has 2 aromatic heterocycles. The second kappa shape index (κ2) is 8.77. The Morgan fingerprint density at radius 3 is 2.79 bits per heavy atom. The molecule has 0 fully saturated rings. The van der Waals surface area contributed by atoms with Crippen molar-refractivity contribution in [2.24, 2.45) is 4.99 Å². The number of aryl methyl sites for hydroxylation is 1. The van der Waals surface area contributed by atoms with Gasteiger partial charge in [-0.15, -0.1) is 0 Å². The van der Waals surface area contributed by atoms with E-state index < -0.39 is 0 Å². The molecule has 2 heterocycles. The van der Waals surface area contributed by atoms with E-state index in [0.29, 0.717) is 6.54 Å². The Bertz CT molecular complexity index is 1090. The lowest BCUT2D eigenvalue weighted by Gasteiger charge is -2.11. The smallest absolute Gasteiger partial charge is 0.190 e. The summed E-state index contributed by atoms with van der Waals surface area (Å²) in [5.74, 6) is 1.55. The molecular formula is C22H25FN6. The van der Waals surface area contributed by atoms with Crippen LogP contribution >= 0.6 is 0 Å². The first kappa shape index (κ1) is 19.0. The van der Waals surface area contributed by atoms with Crippen molar-refractivity contribution in [1.82, 2.24) is 25.6 Å². The van der Waals surface area contributed by atoms with E-state index in [1.165, 1.54) is 6.07 Å². The molecule has 7 heteroatoms. The molecule has 4 rings (SSSR count). The molecular weight excluding hydrogens is 367 g/mol. The predicted octanol–water partition coefficient (Wildman–Crippen LogP) is 3.52. The third-order valence-electron chi connectivity index (χ3n) is 4.96. The van der Waals surface area contributed by atoms with Crippen LogP contribution in [0.3, 0.4) is 0 Å². The Morgan fingerprint density at radius 2 is 1.93 bits per heavy atom. The van der Waals surface area contributed by atoms with Gasteiger partial charge >= 0.3 is 0 Å². The topological polar surface area (TPSA) is 80.9 Å². The number of aliphatic imine (C=N–C) groups is 1. The first-order valence-electron chi connectivity index (χ1n) is 9.86. The zero-order chi connectivity index (χ0) is 20.1. The minimum Gasteiger partial charge on any atom is -0.361 e. The number of rotatable bonds is 7. The number of aromatic nitrogens is 3. The molecule has 0 aliphatic rings. The third kappa shape index (κ3) is 4.56. The second-order valence-corrected chi connectivity index (χ2v) is 6.98. The van der Waals surface area contributed by atoms with Crippen molar-refractivity contribution >= 4 is 27.9 Å². The maximum atomic E-state index is 13.5. The molecule has 0 bridgehead atoms. The van der Waals surface area contributed by atoms with Crippen LogP contribution in [-0.2, 0) is 12.8 Å². The van der Waals surface area contributed by atoms with E-state index in [9.17, 15) is 4.39 Å². The van der Waals surface area contributed by atoms with Gasteiger partial charge in [0.15, 0.2) is 5.96 Å². The highest BCUT2D eigenvalue weighted by atomic mass is 19.1. The molecule has 0 unspecified atom stereocenters. The van der Waals surface area contributed by atoms with Crippen molar-refractivity contribution in [2.75, 3.05) is 20.1 Å². The zero-order valence-electron chi connectivity index (χ0n) is 16.4. The van der Waals surface area contributed by atoms with Gasteiger partial charge in [-0.2, -0.15) is 0 Å². The van der Waals surface area contributed by atoms with E-state index in [0.717, 1.165) is 65.1 Å². The molecule has 29 heavy (non-hydrogen) atoms. The second-order valence-electron chi connectivity index (χ2n) is 6.98. The number of H-pyrrole nitrogens is 2.